The number of hydrogen-bond donors (Lipinski definition) is 2. The van der Waals surface area contributed by atoms with Crippen LogP contribution in [0.4, 0.5) is 11.5 Å². The first-order chi connectivity index (χ1) is 10.2. The number of aromatic nitrogens is 2. The van der Waals surface area contributed by atoms with Gasteiger partial charge in [0.25, 0.3) is 0 Å². The molecule has 6 heteroatoms. The second-order valence-corrected chi connectivity index (χ2v) is 4.89. The third-order valence-corrected chi connectivity index (χ3v) is 3.09. The third-order valence-electron chi connectivity index (χ3n) is 3.09. The zero-order valence-electron chi connectivity index (χ0n) is 12.6. The number of nitrogens with zero attached hydrogens (tertiary/aromatic N) is 3. The maximum absolute atomic E-state index is 5.92. The van der Waals surface area contributed by atoms with E-state index in [2.05, 4.69) is 22.3 Å². The molecule has 0 amide bonds. The molecule has 0 radical (unpaired) electrons. The highest BCUT2D eigenvalue weighted by Crippen LogP contribution is 2.29. The highest BCUT2D eigenvalue weighted by Gasteiger charge is 2.12. The Kier molecular flexibility index (Phi) is 4.94. The van der Waals surface area contributed by atoms with Crippen molar-refractivity contribution >= 4 is 11.5 Å². The Hall–Kier alpha value is -2.34. The fourth-order valence-corrected chi connectivity index (χ4v) is 2.02. The van der Waals surface area contributed by atoms with Crippen LogP contribution < -0.4 is 20.9 Å². The molecule has 2 rings (SSSR count). The standard InChI is InChI=1S/C15H21N5O/c1-4-6-13-14(19-16)17-10-18-15(13)21-12-8-5-7-11(9-12)20(2)3/h5,7-10H,4,6,16H2,1-3H3,(H,17,18,19). The summed E-state index contributed by atoms with van der Waals surface area (Å²) in [5.74, 6) is 7.38. The maximum Gasteiger partial charge on any atom is 0.227 e. The molecule has 1 aromatic heterocycles. The molecule has 0 fully saturated rings. The van der Waals surface area contributed by atoms with Crippen LogP contribution in [0.2, 0.25) is 0 Å². The van der Waals surface area contributed by atoms with Gasteiger partial charge in [0.1, 0.15) is 17.9 Å². The Labute approximate surface area is 124 Å². The van der Waals surface area contributed by atoms with Gasteiger partial charge in [-0.2, -0.15) is 0 Å². The molecule has 0 bridgehead atoms. The number of benzene rings is 1. The van der Waals surface area contributed by atoms with Gasteiger partial charge < -0.3 is 15.1 Å². The Morgan fingerprint density at radius 1 is 1.29 bits per heavy atom. The molecule has 112 valence electrons. The SMILES string of the molecule is CCCc1c(NN)ncnc1Oc1cccc(N(C)C)c1. The molecule has 2 aromatic rings. The molecule has 0 aliphatic rings. The number of anilines is 2. The maximum atomic E-state index is 5.92. The monoisotopic (exact) mass is 287 g/mol. The second-order valence-electron chi connectivity index (χ2n) is 4.89. The smallest absolute Gasteiger partial charge is 0.227 e. The summed E-state index contributed by atoms with van der Waals surface area (Å²) in [5.41, 5.74) is 4.55. The largest absolute Gasteiger partial charge is 0.438 e. The third kappa shape index (κ3) is 3.61. The van der Waals surface area contributed by atoms with E-state index in [1.54, 1.807) is 0 Å². The van der Waals surface area contributed by atoms with E-state index in [1.807, 2.05) is 43.3 Å². The van der Waals surface area contributed by atoms with Gasteiger partial charge in [0.15, 0.2) is 0 Å². The summed E-state index contributed by atoms with van der Waals surface area (Å²) in [7, 11) is 3.98. The van der Waals surface area contributed by atoms with Crippen molar-refractivity contribution < 1.29 is 4.74 Å². The average Bonchev–Trinajstić information content (AvgIpc) is 2.49. The molecule has 1 heterocycles. The van der Waals surface area contributed by atoms with E-state index in [4.69, 9.17) is 10.6 Å². The van der Waals surface area contributed by atoms with Crippen LogP contribution in [0.1, 0.15) is 18.9 Å². The molecule has 0 unspecified atom stereocenters. The minimum atomic E-state index is 0.538. The molecule has 1 aromatic carbocycles. The molecule has 0 aliphatic carbocycles. The Morgan fingerprint density at radius 2 is 2.10 bits per heavy atom. The average molecular weight is 287 g/mol. The highest BCUT2D eigenvalue weighted by atomic mass is 16.5. The fourth-order valence-electron chi connectivity index (χ4n) is 2.02. The molecule has 6 nitrogen and oxygen atoms in total. The number of hydrogen-bond acceptors (Lipinski definition) is 6. The summed E-state index contributed by atoms with van der Waals surface area (Å²) in [4.78, 5) is 10.4. The molecule has 0 saturated carbocycles. The van der Waals surface area contributed by atoms with Crippen LogP contribution in [0.3, 0.4) is 0 Å². The minimum Gasteiger partial charge on any atom is -0.438 e. The summed E-state index contributed by atoms with van der Waals surface area (Å²) < 4.78 is 5.92. The predicted octanol–water partition coefficient (Wildman–Crippen LogP) is 2.57. The van der Waals surface area contributed by atoms with Crippen molar-refractivity contribution in [1.29, 1.82) is 0 Å². The number of hydrazine groups is 1. The van der Waals surface area contributed by atoms with Crippen molar-refractivity contribution in [2.45, 2.75) is 19.8 Å². The normalized spacial score (nSPS) is 10.3. The topological polar surface area (TPSA) is 76.3 Å². The first-order valence-corrected chi connectivity index (χ1v) is 6.91. The lowest BCUT2D eigenvalue weighted by Gasteiger charge is -2.15. The van der Waals surface area contributed by atoms with E-state index >= 15 is 0 Å². The van der Waals surface area contributed by atoms with E-state index < -0.39 is 0 Å². The fraction of sp³-hybridized carbons (Fsp3) is 0.333. The first kappa shape index (κ1) is 15.1. The summed E-state index contributed by atoms with van der Waals surface area (Å²) in [6.45, 7) is 2.09. The summed E-state index contributed by atoms with van der Waals surface area (Å²) in [5, 5.41) is 0. The van der Waals surface area contributed by atoms with E-state index in [0.29, 0.717) is 11.7 Å². The van der Waals surface area contributed by atoms with Gasteiger partial charge in [0.2, 0.25) is 5.88 Å². The van der Waals surface area contributed by atoms with Crippen molar-refractivity contribution in [2.24, 2.45) is 5.84 Å². The van der Waals surface area contributed by atoms with Gasteiger partial charge >= 0.3 is 0 Å². The van der Waals surface area contributed by atoms with E-state index in [9.17, 15) is 0 Å². The lowest BCUT2D eigenvalue weighted by atomic mass is 10.2. The van der Waals surface area contributed by atoms with Crippen molar-refractivity contribution in [3.8, 4) is 11.6 Å². The van der Waals surface area contributed by atoms with Crippen LogP contribution in [0.5, 0.6) is 11.6 Å². The van der Waals surface area contributed by atoms with Gasteiger partial charge in [-0.1, -0.05) is 19.4 Å². The number of nitrogens with one attached hydrogen (secondary N) is 1. The number of rotatable bonds is 6. The molecule has 0 aliphatic heterocycles. The zero-order chi connectivity index (χ0) is 15.2. The lowest BCUT2D eigenvalue weighted by molar-refractivity contribution is 0.454. The summed E-state index contributed by atoms with van der Waals surface area (Å²) in [6, 6.07) is 7.84. The van der Waals surface area contributed by atoms with E-state index in [1.165, 1.54) is 6.33 Å². The molecule has 21 heavy (non-hydrogen) atoms. The molecule has 0 spiro atoms. The zero-order valence-corrected chi connectivity index (χ0v) is 12.6. The molecular formula is C15H21N5O. The number of nitrogens with two attached hydrogens (primary N) is 1. The molecular weight excluding hydrogens is 266 g/mol. The lowest BCUT2D eigenvalue weighted by Crippen LogP contribution is -2.12. The second kappa shape index (κ2) is 6.90. The van der Waals surface area contributed by atoms with E-state index in [-0.39, 0.29) is 0 Å². The quantitative estimate of drug-likeness (QED) is 0.628. The van der Waals surface area contributed by atoms with Gasteiger partial charge in [0, 0.05) is 25.8 Å². The van der Waals surface area contributed by atoms with Crippen molar-refractivity contribution in [3.63, 3.8) is 0 Å². The predicted molar refractivity (Wildman–Crippen MR) is 84.7 cm³/mol. The molecule has 0 saturated heterocycles. The van der Waals surface area contributed by atoms with Crippen LogP contribution in [0.25, 0.3) is 0 Å². The Balaban J connectivity index is 2.32. The van der Waals surface area contributed by atoms with Gasteiger partial charge in [-0.3, -0.25) is 0 Å². The molecule has 3 N–H and O–H groups in total. The number of nitrogen functional groups attached to an aromatic ring is 1. The van der Waals surface area contributed by atoms with Gasteiger partial charge in [-0.25, -0.2) is 15.8 Å². The van der Waals surface area contributed by atoms with Crippen LogP contribution >= 0.6 is 0 Å². The van der Waals surface area contributed by atoms with Crippen molar-refractivity contribution in [3.05, 3.63) is 36.2 Å². The Bertz CT molecular complexity index is 600. The van der Waals surface area contributed by atoms with Crippen LogP contribution in [0, 0.1) is 0 Å². The summed E-state index contributed by atoms with van der Waals surface area (Å²) in [6.07, 6.45) is 3.19. The van der Waals surface area contributed by atoms with Crippen molar-refractivity contribution in [1.82, 2.24) is 9.97 Å². The van der Waals surface area contributed by atoms with E-state index in [0.717, 1.165) is 29.8 Å². The Morgan fingerprint density at radius 3 is 2.76 bits per heavy atom. The van der Waals surface area contributed by atoms with Crippen LogP contribution in [0.15, 0.2) is 30.6 Å². The van der Waals surface area contributed by atoms with Crippen LogP contribution in [-0.4, -0.2) is 24.1 Å². The number of ether oxygens (including phenoxy) is 1. The minimum absolute atomic E-state index is 0.538. The first-order valence-electron chi connectivity index (χ1n) is 6.91. The van der Waals surface area contributed by atoms with Gasteiger partial charge in [-0.15, -0.1) is 0 Å². The summed E-state index contributed by atoms with van der Waals surface area (Å²) >= 11 is 0. The van der Waals surface area contributed by atoms with Crippen molar-refractivity contribution in [2.75, 3.05) is 24.4 Å². The van der Waals surface area contributed by atoms with Gasteiger partial charge in [-0.05, 0) is 18.6 Å². The highest BCUT2D eigenvalue weighted by molar-refractivity contribution is 5.52. The molecule has 0 atom stereocenters. The van der Waals surface area contributed by atoms with Gasteiger partial charge in [0.05, 0.1) is 5.56 Å². The van der Waals surface area contributed by atoms with Crippen LogP contribution in [-0.2, 0) is 6.42 Å².